The number of halogens is 3. The molecule has 0 bridgehead atoms. The molecule has 0 unspecified atom stereocenters. The van der Waals surface area contributed by atoms with E-state index >= 15 is 0 Å². The summed E-state index contributed by atoms with van der Waals surface area (Å²) < 4.78 is 0. The highest BCUT2D eigenvalue weighted by Gasteiger charge is 2.11. The van der Waals surface area contributed by atoms with E-state index in [1.165, 1.54) is 0 Å². The molecule has 26 heavy (non-hydrogen) atoms. The Bertz CT molecular complexity index is 705. The van der Waals surface area contributed by atoms with E-state index in [1.807, 2.05) is 24.3 Å². The molecule has 2 rings (SSSR count). The number of carbonyl (C=O) groups is 1. The Kier molecular flexibility index (Phi) is 10.0. The fraction of sp³-hybridized carbons (Fsp3) is 0.350. The van der Waals surface area contributed by atoms with E-state index in [2.05, 4.69) is 24.4 Å². The van der Waals surface area contributed by atoms with Crippen molar-refractivity contribution >= 4 is 41.5 Å². The first-order valence-electron chi connectivity index (χ1n) is 8.59. The number of nitrogens with two attached hydrogens (primary N) is 1. The van der Waals surface area contributed by atoms with Gasteiger partial charge in [-0.3, -0.25) is 4.79 Å². The van der Waals surface area contributed by atoms with Gasteiger partial charge in [-0.05, 0) is 41.7 Å². The lowest BCUT2D eigenvalue weighted by Gasteiger charge is -2.12. The largest absolute Gasteiger partial charge is 0.354 e. The molecular weight excluding hydrogens is 391 g/mol. The molecule has 0 spiro atoms. The number of carbonyl (C=O) groups excluding carboxylic acids is 1. The number of amides is 1. The number of rotatable bonds is 8. The van der Waals surface area contributed by atoms with Crippen LogP contribution in [0.25, 0.3) is 11.1 Å². The van der Waals surface area contributed by atoms with Crippen LogP contribution in [-0.2, 0) is 11.2 Å². The molecule has 6 heteroatoms. The molecule has 2 aromatic carbocycles. The van der Waals surface area contributed by atoms with Gasteiger partial charge in [0.05, 0.1) is 16.1 Å². The zero-order chi connectivity index (χ0) is 18.2. The second-order valence-electron chi connectivity index (χ2n) is 6.12. The molecule has 0 aliphatic carbocycles. The standard InChI is InChI=1S/C20H24Cl2N2O.ClH/c1-2-3-4-19(23)20(25)24-12-11-14-5-7-15(8-6-14)16-9-10-17(21)18(22)13-16;/h5-10,13,19H,2-4,11-12,23H2,1H3,(H,24,25);1H/t19-;/m0./s1. The summed E-state index contributed by atoms with van der Waals surface area (Å²) in [4.78, 5) is 11.9. The van der Waals surface area contributed by atoms with E-state index in [0.717, 1.165) is 42.4 Å². The van der Waals surface area contributed by atoms with Crippen molar-refractivity contribution in [3.8, 4) is 11.1 Å². The minimum Gasteiger partial charge on any atom is -0.354 e. The molecule has 0 aliphatic rings. The Morgan fingerprint density at radius 1 is 1.08 bits per heavy atom. The smallest absolute Gasteiger partial charge is 0.236 e. The summed E-state index contributed by atoms with van der Waals surface area (Å²) in [6, 6.07) is 13.4. The van der Waals surface area contributed by atoms with Gasteiger partial charge in [-0.1, -0.05) is 73.3 Å². The van der Waals surface area contributed by atoms with E-state index in [1.54, 1.807) is 6.07 Å². The van der Waals surface area contributed by atoms with Gasteiger partial charge in [-0.2, -0.15) is 0 Å². The van der Waals surface area contributed by atoms with Crippen LogP contribution >= 0.6 is 35.6 Å². The highest BCUT2D eigenvalue weighted by molar-refractivity contribution is 6.42. The third-order valence-electron chi connectivity index (χ3n) is 4.13. The average molecular weight is 416 g/mol. The van der Waals surface area contributed by atoms with Crippen molar-refractivity contribution in [1.29, 1.82) is 0 Å². The quantitative estimate of drug-likeness (QED) is 0.618. The van der Waals surface area contributed by atoms with E-state index in [0.29, 0.717) is 16.6 Å². The highest BCUT2D eigenvalue weighted by Crippen LogP contribution is 2.28. The Labute approximate surface area is 171 Å². The molecule has 3 nitrogen and oxygen atoms in total. The molecule has 3 N–H and O–H groups in total. The van der Waals surface area contributed by atoms with Crippen molar-refractivity contribution in [3.63, 3.8) is 0 Å². The Hall–Kier alpha value is -1.26. The first-order chi connectivity index (χ1) is 12.0. The summed E-state index contributed by atoms with van der Waals surface area (Å²) in [6.45, 7) is 2.68. The Morgan fingerprint density at radius 2 is 1.73 bits per heavy atom. The lowest BCUT2D eigenvalue weighted by molar-refractivity contribution is -0.122. The summed E-state index contributed by atoms with van der Waals surface area (Å²) >= 11 is 12.0. The Balaban J connectivity index is 0.00000338. The van der Waals surface area contributed by atoms with Gasteiger partial charge < -0.3 is 11.1 Å². The fourth-order valence-corrected chi connectivity index (χ4v) is 2.85. The molecular formula is C20H25Cl3N2O. The van der Waals surface area contributed by atoms with Crippen LogP contribution in [-0.4, -0.2) is 18.5 Å². The van der Waals surface area contributed by atoms with Crippen LogP contribution in [0.4, 0.5) is 0 Å². The molecule has 142 valence electrons. The van der Waals surface area contributed by atoms with Gasteiger partial charge in [-0.15, -0.1) is 12.4 Å². The van der Waals surface area contributed by atoms with Crippen molar-refractivity contribution in [2.24, 2.45) is 5.73 Å². The number of benzene rings is 2. The Morgan fingerprint density at radius 3 is 2.35 bits per heavy atom. The monoisotopic (exact) mass is 414 g/mol. The molecule has 0 aromatic heterocycles. The van der Waals surface area contributed by atoms with E-state index < -0.39 is 6.04 Å². The second-order valence-corrected chi connectivity index (χ2v) is 6.93. The molecule has 0 heterocycles. The summed E-state index contributed by atoms with van der Waals surface area (Å²) in [5.74, 6) is -0.0686. The SMILES string of the molecule is CCCC[C@H](N)C(=O)NCCc1ccc(-c2ccc(Cl)c(Cl)c2)cc1.Cl. The molecule has 1 amide bonds. The highest BCUT2D eigenvalue weighted by atomic mass is 35.5. The van der Waals surface area contributed by atoms with Gasteiger partial charge in [0.25, 0.3) is 0 Å². The van der Waals surface area contributed by atoms with Crippen LogP contribution in [0.2, 0.25) is 10.0 Å². The number of hydrogen-bond donors (Lipinski definition) is 2. The van der Waals surface area contributed by atoms with Gasteiger partial charge in [0.1, 0.15) is 0 Å². The van der Waals surface area contributed by atoms with E-state index in [9.17, 15) is 4.79 Å². The summed E-state index contributed by atoms with van der Waals surface area (Å²) in [6.07, 6.45) is 3.53. The van der Waals surface area contributed by atoms with Crippen LogP contribution in [0.5, 0.6) is 0 Å². The van der Waals surface area contributed by atoms with Gasteiger partial charge in [0.2, 0.25) is 5.91 Å². The van der Waals surface area contributed by atoms with Crippen LogP contribution in [0.15, 0.2) is 42.5 Å². The van der Waals surface area contributed by atoms with Crippen LogP contribution in [0.3, 0.4) is 0 Å². The van der Waals surface area contributed by atoms with Crippen LogP contribution < -0.4 is 11.1 Å². The molecule has 0 radical (unpaired) electrons. The van der Waals surface area contributed by atoms with Gasteiger partial charge in [0, 0.05) is 6.54 Å². The first kappa shape index (κ1) is 22.8. The van der Waals surface area contributed by atoms with Crippen molar-refractivity contribution in [2.45, 2.75) is 38.6 Å². The molecule has 0 aliphatic heterocycles. The third-order valence-corrected chi connectivity index (χ3v) is 4.86. The maximum atomic E-state index is 11.9. The van der Waals surface area contributed by atoms with Gasteiger partial charge in [0.15, 0.2) is 0 Å². The van der Waals surface area contributed by atoms with Crippen molar-refractivity contribution in [3.05, 3.63) is 58.1 Å². The number of unbranched alkanes of at least 4 members (excludes halogenated alkanes) is 1. The van der Waals surface area contributed by atoms with Crippen molar-refractivity contribution < 1.29 is 4.79 Å². The van der Waals surface area contributed by atoms with Crippen molar-refractivity contribution in [1.82, 2.24) is 5.32 Å². The van der Waals surface area contributed by atoms with Crippen LogP contribution in [0.1, 0.15) is 31.7 Å². The molecule has 0 saturated heterocycles. The first-order valence-corrected chi connectivity index (χ1v) is 9.34. The van der Waals surface area contributed by atoms with Crippen LogP contribution in [0, 0.1) is 0 Å². The minimum absolute atomic E-state index is 0. The van der Waals surface area contributed by atoms with Gasteiger partial charge in [-0.25, -0.2) is 0 Å². The van der Waals surface area contributed by atoms with E-state index in [-0.39, 0.29) is 18.3 Å². The maximum Gasteiger partial charge on any atom is 0.236 e. The van der Waals surface area contributed by atoms with E-state index in [4.69, 9.17) is 28.9 Å². The fourth-order valence-electron chi connectivity index (χ4n) is 2.56. The molecule has 2 aromatic rings. The average Bonchev–Trinajstić information content (AvgIpc) is 2.62. The summed E-state index contributed by atoms with van der Waals surface area (Å²) in [7, 11) is 0. The third kappa shape index (κ3) is 6.81. The summed E-state index contributed by atoms with van der Waals surface area (Å²) in [5, 5.41) is 4.00. The minimum atomic E-state index is -0.406. The zero-order valence-electron chi connectivity index (χ0n) is 14.8. The summed E-state index contributed by atoms with van der Waals surface area (Å²) in [5.41, 5.74) is 9.12. The zero-order valence-corrected chi connectivity index (χ0v) is 17.1. The maximum absolute atomic E-state index is 11.9. The number of hydrogen-bond acceptors (Lipinski definition) is 2. The predicted molar refractivity (Wildman–Crippen MR) is 113 cm³/mol. The molecule has 1 atom stereocenters. The normalized spacial score (nSPS) is 11.5. The lowest BCUT2D eigenvalue weighted by atomic mass is 10.0. The topological polar surface area (TPSA) is 55.1 Å². The molecule has 0 fully saturated rings. The van der Waals surface area contributed by atoms with Crippen molar-refractivity contribution in [2.75, 3.05) is 6.54 Å². The molecule has 0 saturated carbocycles. The lowest BCUT2D eigenvalue weighted by Crippen LogP contribution is -2.41. The number of nitrogens with one attached hydrogen (secondary N) is 1. The predicted octanol–water partition coefficient (Wildman–Crippen LogP) is 5.26. The second kappa shape index (κ2) is 11.5. The van der Waals surface area contributed by atoms with Gasteiger partial charge >= 0.3 is 0 Å².